The maximum absolute atomic E-state index is 6.04. The van der Waals surface area contributed by atoms with Crippen LogP contribution in [0.1, 0.15) is 33.1 Å². The molecule has 0 spiro atoms. The summed E-state index contributed by atoms with van der Waals surface area (Å²) in [5, 5.41) is 0. The number of likely N-dealkylation sites (N-methyl/N-ethyl adjacent to an activating group) is 1. The van der Waals surface area contributed by atoms with Gasteiger partial charge in [-0.05, 0) is 44.7 Å². The van der Waals surface area contributed by atoms with Crippen LogP contribution in [0.2, 0.25) is 0 Å². The summed E-state index contributed by atoms with van der Waals surface area (Å²) in [5.74, 6) is 1.64. The van der Waals surface area contributed by atoms with Gasteiger partial charge in [-0.15, -0.1) is 0 Å². The van der Waals surface area contributed by atoms with Crippen molar-refractivity contribution < 1.29 is 0 Å². The van der Waals surface area contributed by atoms with Gasteiger partial charge in [0.05, 0.1) is 0 Å². The number of nitrogens with zero attached hydrogens (tertiary/aromatic N) is 1. The quantitative estimate of drug-likeness (QED) is 0.681. The van der Waals surface area contributed by atoms with E-state index >= 15 is 0 Å². The van der Waals surface area contributed by atoms with Gasteiger partial charge in [-0.3, -0.25) is 0 Å². The lowest BCUT2D eigenvalue weighted by atomic mass is 10.1. The Hall–Kier alpha value is -0.0800. The smallest absolute Gasteiger partial charge is 0.0196 e. The Labute approximate surface area is 82.5 Å². The Balaban J connectivity index is 2.05. The molecule has 0 saturated heterocycles. The highest BCUT2D eigenvalue weighted by Crippen LogP contribution is 2.31. The summed E-state index contributed by atoms with van der Waals surface area (Å²) in [4.78, 5) is 2.38. The molecule has 0 aliphatic heterocycles. The molecule has 78 valence electrons. The lowest BCUT2D eigenvalue weighted by molar-refractivity contribution is 0.282. The van der Waals surface area contributed by atoms with Crippen molar-refractivity contribution >= 4 is 0 Å². The van der Waals surface area contributed by atoms with Gasteiger partial charge >= 0.3 is 0 Å². The van der Waals surface area contributed by atoms with Crippen LogP contribution in [0, 0.1) is 11.8 Å². The minimum Gasteiger partial charge on any atom is -0.326 e. The first-order valence-electron chi connectivity index (χ1n) is 5.53. The van der Waals surface area contributed by atoms with Crippen LogP contribution >= 0.6 is 0 Å². The molecule has 0 aromatic rings. The lowest BCUT2D eigenvalue weighted by Gasteiger charge is -2.21. The lowest BCUT2D eigenvalue weighted by Crippen LogP contribution is -2.37. The Bertz CT molecular complexity index is 141. The molecule has 0 aromatic carbocycles. The molecule has 2 nitrogen and oxygen atoms in total. The molecule has 1 atom stereocenters. The SMILES string of the molecule is CC(C)CCN(C)CC(N)C1CC1. The van der Waals surface area contributed by atoms with Gasteiger partial charge in [-0.25, -0.2) is 0 Å². The van der Waals surface area contributed by atoms with Gasteiger partial charge < -0.3 is 10.6 Å². The van der Waals surface area contributed by atoms with E-state index in [-0.39, 0.29) is 0 Å². The average Bonchev–Trinajstić information content (AvgIpc) is 2.82. The molecule has 1 unspecified atom stereocenters. The maximum Gasteiger partial charge on any atom is 0.0196 e. The van der Waals surface area contributed by atoms with Gasteiger partial charge in [0.1, 0.15) is 0 Å². The van der Waals surface area contributed by atoms with Gasteiger partial charge in [0.15, 0.2) is 0 Å². The summed E-state index contributed by atoms with van der Waals surface area (Å²) in [5.41, 5.74) is 6.04. The van der Waals surface area contributed by atoms with Crippen LogP contribution in [0.4, 0.5) is 0 Å². The van der Waals surface area contributed by atoms with Crippen molar-refractivity contribution in [1.82, 2.24) is 4.90 Å². The van der Waals surface area contributed by atoms with Crippen molar-refractivity contribution in [3.63, 3.8) is 0 Å². The van der Waals surface area contributed by atoms with Crippen LogP contribution in [-0.4, -0.2) is 31.1 Å². The molecule has 1 aliphatic carbocycles. The topological polar surface area (TPSA) is 29.3 Å². The van der Waals surface area contributed by atoms with E-state index < -0.39 is 0 Å². The molecule has 1 aliphatic rings. The van der Waals surface area contributed by atoms with E-state index in [9.17, 15) is 0 Å². The highest BCUT2D eigenvalue weighted by Gasteiger charge is 2.28. The van der Waals surface area contributed by atoms with E-state index in [4.69, 9.17) is 5.73 Å². The fourth-order valence-electron chi connectivity index (χ4n) is 1.60. The molecule has 2 N–H and O–H groups in total. The number of rotatable bonds is 6. The second-order valence-corrected chi connectivity index (χ2v) is 4.95. The zero-order valence-corrected chi connectivity index (χ0v) is 9.29. The van der Waals surface area contributed by atoms with Gasteiger partial charge in [0, 0.05) is 12.6 Å². The second kappa shape index (κ2) is 4.97. The third-order valence-electron chi connectivity index (χ3n) is 2.84. The predicted octanol–water partition coefficient (Wildman–Crippen LogP) is 1.70. The summed E-state index contributed by atoms with van der Waals surface area (Å²) in [7, 11) is 2.19. The minimum absolute atomic E-state index is 0.428. The molecule has 0 aromatic heterocycles. The zero-order chi connectivity index (χ0) is 9.84. The van der Waals surface area contributed by atoms with E-state index in [0.717, 1.165) is 18.4 Å². The van der Waals surface area contributed by atoms with Crippen molar-refractivity contribution in [2.24, 2.45) is 17.6 Å². The summed E-state index contributed by atoms with van der Waals surface area (Å²) < 4.78 is 0. The molecular formula is C11H24N2. The standard InChI is InChI=1S/C11H24N2/c1-9(2)6-7-13(3)8-11(12)10-4-5-10/h9-11H,4-8,12H2,1-3H3. The Morgan fingerprint density at radius 2 is 2.00 bits per heavy atom. The van der Waals surface area contributed by atoms with Crippen molar-refractivity contribution in [3.05, 3.63) is 0 Å². The first-order chi connectivity index (χ1) is 6.09. The van der Waals surface area contributed by atoms with Crippen LogP contribution in [0.25, 0.3) is 0 Å². The van der Waals surface area contributed by atoms with Crippen molar-refractivity contribution in [2.45, 2.75) is 39.2 Å². The number of hydrogen-bond acceptors (Lipinski definition) is 2. The predicted molar refractivity (Wildman–Crippen MR) is 57.7 cm³/mol. The van der Waals surface area contributed by atoms with Crippen LogP contribution < -0.4 is 5.73 Å². The monoisotopic (exact) mass is 184 g/mol. The molecule has 1 saturated carbocycles. The van der Waals surface area contributed by atoms with Crippen molar-refractivity contribution in [1.29, 1.82) is 0 Å². The average molecular weight is 184 g/mol. The first kappa shape index (κ1) is 11.0. The van der Waals surface area contributed by atoms with Crippen LogP contribution in [0.5, 0.6) is 0 Å². The first-order valence-corrected chi connectivity index (χ1v) is 5.53. The van der Waals surface area contributed by atoms with Crippen LogP contribution in [-0.2, 0) is 0 Å². The minimum atomic E-state index is 0.428. The van der Waals surface area contributed by atoms with Gasteiger partial charge in [0.2, 0.25) is 0 Å². The van der Waals surface area contributed by atoms with Crippen molar-refractivity contribution in [2.75, 3.05) is 20.1 Å². The van der Waals surface area contributed by atoms with E-state index in [0.29, 0.717) is 6.04 Å². The highest BCUT2D eigenvalue weighted by atomic mass is 15.1. The molecule has 1 rings (SSSR count). The largest absolute Gasteiger partial charge is 0.326 e. The fourth-order valence-corrected chi connectivity index (χ4v) is 1.60. The molecule has 0 bridgehead atoms. The molecule has 0 amide bonds. The Morgan fingerprint density at radius 3 is 2.46 bits per heavy atom. The summed E-state index contributed by atoms with van der Waals surface area (Å²) in [6.45, 7) is 6.82. The van der Waals surface area contributed by atoms with Crippen molar-refractivity contribution in [3.8, 4) is 0 Å². The number of nitrogens with two attached hydrogens (primary N) is 1. The second-order valence-electron chi connectivity index (χ2n) is 4.95. The summed E-state index contributed by atoms with van der Waals surface area (Å²) >= 11 is 0. The third kappa shape index (κ3) is 4.63. The van der Waals surface area contributed by atoms with Crippen LogP contribution in [0.3, 0.4) is 0 Å². The third-order valence-corrected chi connectivity index (χ3v) is 2.84. The molecular weight excluding hydrogens is 160 g/mol. The molecule has 13 heavy (non-hydrogen) atoms. The van der Waals surface area contributed by atoms with E-state index in [2.05, 4.69) is 25.8 Å². The van der Waals surface area contributed by atoms with Crippen LogP contribution in [0.15, 0.2) is 0 Å². The number of hydrogen-bond donors (Lipinski definition) is 1. The Kier molecular flexibility index (Phi) is 4.20. The van der Waals surface area contributed by atoms with Gasteiger partial charge in [-0.2, -0.15) is 0 Å². The molecule has 0 radical (unpaired) electrons. The fraction of sp³-hybridized carbons (Fsp3) is 1.00. The van der Waals surface area contributed by atoms with Gasteiger partial charge in [0.25, 0.3) is 0 Å². The Morgan fingerprint density at radius 1 is 1.38 bits per heavy atom. The zero-order valence-electron chi connectivity index (χ0n) is 9.29. The summed E-state index contributed by atoms with van der Waals surface area (Å²) in [6, 6.07) is 0.428. The van der Waals surface area contributed by atoms with E-state index in [1.807, 2.05) is 0 Å². The molecule has 0 heterocycles. The normalized spacial score (nSPS) is 19.8. The highest BCUT2D eigenvalue weighted by molar-refractivity contribution is 4.85. The van der Waals surface area contributed by atoms with E-state index in [1.54, 1.807) is 0 Å². The molecule has 1 fully saturated rings. The molecule has 2 heteroatoms. The van der Waals surface area contributed by atoms with E-state index in [1.165, 1.54) is 25.8 Å². The van der Waals surface area contributed by atoms with Gasteiger partial charge in [-0.1, -0.05) is 13.8 Å². The summed E-state index contributed by atoms with van der Waals surface area (Å²) in [6.07, 6.45) is 4.01. The maximum atomic E-state index is 6.04.